The standard InChI is InChI=1S/C52H51F4N10O6P/c1-3-48(37(2)72-73(69,70-32-38-10-6-4-7-11-38)71-33-39-12-8-5-9-13-39)66-50(67)65(36-59-66)45-22-20-44(21-23-45)63-28-26-62(27-29-63)43-18-14-40(15-19-43)41-16-25-49(57-31-41)52(55,56)51(68,34-64-35-58-60-61-64)46-24-17-42(53)30-47(46)54/h4-25,30-31,35-37,48,68H,3,26-29,32-34H2,1-2H3/t37-,48-,51?/m0/s1. The molecule has 9 rings (SSSR count). The second-order valence-electron chi connectivity index (χ2n) is 17.5. The Kier molecular flexibility index (Phi) is 15.1. The van der Waals surface area contributed by atoms with Gasteiger partial charge in [-0.15, -0.1) is 5.10 Å². The number of alkyl halides is 2. The summed E-state index contributed by atoms with van der Waals surface area (Å²) in [6, 6.07) is 37.7. The van der Waals surface area contributed by atoms with Crippen molar-refractivity contribution < 1.29 is 40.8 Å². The van der Waals surface area contributed by atoms with Gasteiger partial charge < -0.3 is 14.9 Å². The van der Waals surface area contributed by atoms with Gasteiger partial charge in [0.2, 0.25) is 0 Å². The molecule has 0 aliphatic carbocycles. The van der Waals surface area contributed by atoms with Gasteiger partial charge in [-0.3, -0.25) is 18.6 Å². The first-order valence-corrected chi connectivity index (χ1v) is 24.9. The maximum absolute atomic E-state index is 16.3. The number of hydrogen-bond acceptors (Lipinski definition) is 13. The van der Waals surface area contributed by atoms with Crippen LogP contribution >= 0.6 is 7.82 Å². The van der Waals surface area contributed by atoms with Crippen LogP contribution in [0.25, 0.3) is 16.8 Å². The van der Waals surface area contributed by atoms with E-state index in [-0.39, 0.29) is 13.2 Å². The molecule has 0 amide bonds. The summed E-state index contributed by atoms with van der Waals surface area (Å²) >= 11 is 0. The minimum absolute atomic E-state index is 0.00454. The normalized spacial score (nSPS) is 15.0. The van der Waals surface area contributed by atoms with E-state index in [4.69, 9.17) is 13.6 Å². The van der Waals surface area contributed by atoms with Crippen LogP contribution < -0.4 is 15.5 Å². The van der Waals surface area contributed by atoms with E-state index in [1.807, 2.05) is 116 Å². The summed E-state index contributed by atoms with van der Waals surface area (Å²) in [5.74, 6) is -6.55. The molecule has 0 bridgehead atoms. The molecule has 378 valence electrons. The molecule has 4 heterocycles. The number of tetrazole rings is 1. The second kappa shape index (κ2) is 21.8. The molecule has 73 heavy (non-hydrogen) atoms. The van der Waals surface area contributed by atoms with Gasteiger partial charge in [0, 0.05) is 60.9 Å². The van der Waals surface area contributed by atoms with Crippen molar-refractivity contribution in [2.45, 2.75) is 63.7 Å². The van der Waals surface area contributed by atoms with Crippen molar-refractivity contribution in [2.75, 3.05) is 36.0 Å². The third-order valence-corrected chi connectivity index (χ3v) is 14.3. The summed E-state index contributed by atoms with van der Waals surface area (Å²) in [5, 5.41) is 26.3. The van der Waals surface area contributed by atoms with Crippen LogP contribution in [-0.2, 0) is 49.4 Å². The lowest BCUT2D eigenvalue weighted by Gasteiger charge is -2.37. The Morgan fingerprint density at radius 1 is 0.740 bits per heavy atom. The first kappa shape index (κ1) is 50.6. The number of phosphoric acid groups is 1. The molecule has 16 nitrogen and oxygen atoms in total. The van der Waals surface area contributed by atoms with Gasteiger partial charge in [0.25, 0.3) is 0 Å². The fraction of sp³-hybridized carbons (Fsp3) is 0.269. The smallest absolute Gasteiger partial charge is 0.377 e. The monoisotopic (exact) mass is 1020 g/mol. The number of aliphatic hydroxyl groups is 1. The zero-order valence-corrected chi connectivity index (χ0v) is 40.6. The molecule has 0 saturated carbocycles. The number of aromatic nitrogens is 8. The van der Waals surface area contributed by atoms with Crippen LogP contribution in [0.5, 0.6) is 0 Å². The predicted octanol–water partition coefficient (Wildman–Crippen LogP) is 9.27. The summed E-state index contributed by atoms with van der Waals surface area (Å²) in [4.78, 5) is 22.4. The fourth-order valence-electron chi connectivity index (χ4n) is 8.79. The van der Waals surface area contributed by atoms with Gasteiger partial charge in [0.1, 0.15) is 30.0 Å². The average molecular weight is 1020 g/mol. The lowest BCUT2D eigenvalue weighted by atomic mass is 9.84. The van der Waals surface area contributed by atoms with Crippen LogP contribution in [0.2, 0.25) is 0 Å². The van der Waals surface area contributed by atoms with E-state index < -0.39 is 66.6 Å². The topological polar surface area (TPSA) is 168 Å². The van der Waals surface area contributed by atoms with Crippen LogP contribution in [0.4, 0.5) is 28.9 Å². The summed E-state index contributed by atoms with van der Waals surface area (Å²) in [5.41, 5.74) is 0.0400. The van der Waals surface area contributed by atoms with Gasteiger partial charge in [-0.25, -0.2) is 32.1 Å². The maximum atomic E-state index is 16.3. The molecular formula is C52H51F4N10O6P. The number of nitrogens with zero attached hydrogens (tertiary/aromatic N) is 10. The van der Waals surface area contributed by atoms with Gasteiger partial charge >= 0.3 is 19.4 Å². The third kappa shape index (κ3) is 11.2. The van der Waals surface area contributed by atoms with Crippen molar-refractivity contribution in [1.82, 2.24) is 39.5 Å². The lowest BCUT2D eigenvalue weighted by Crippen LogP contribution is -2.48. The van der Waals surface area contributed by atoms with Crippen molar-refractivity contribution in [3.8, 4) is 16.8 Å². The number of piperazine rings is 1. The van der Waals surface area contributed by atoms with Gasteiger partial charge in [0.05, 0.1) is 37.6 Å². The molecule has 0 radical (unpaired) electrons. The molecular weight excluding hydrogens is 968 g/mol. The molecule has 1 unspecified atom stereocenters. The number of phosphoric ester groups is 1. The minimum Gasteiger partial charge on any atom is -0.377 e. The minimum atomic E-state index is -4.18. The van der Waals surface area contributed by atoms with Crippen LogP contribution in [-0.4, -0.2) is 76.9 Å². The van der Waals surface area contributed by atoms with E-state index in [0.717, 1.165) is 51.7 Å². The van der Waals surface area contributed by atoms with E-state index >= 15 is 8.78 Å². The van der Waals surface area contributed by atoms with Gasteiger partial charge in [-0.05, 0) is 95.1 Å². The number of anilines is 2. The van der Waals surface area contributed by atoms with Crippen molar-refractivity contribution >= 4 is 19.2 Å². The summed E-state index contributed by atoms with van der Waals surface area (Å²) in [6.45, 7) is 5.49. The Hall–Kier alpha value is -7.35. The highest BCUT2D eigenvalue weighted by atomic mass is 31.2. The number of pyridine rings is 1. The largest absolute Gasteiger partial charge is 0.475 e. The van der Waals surface area contributed by atoms with Gasteiger partial charge in [0.15, 0.2) is 5.60 Å². The molecule has 0 spiro atoms. The molecule has 1 aliphatic rings. The Morgan fingerprint density at radius 2 is 1.32 bits per heavy atom. The Bertz CT molecular complexity index is 3140. The SMILES string of the molecule is CC[C@@H]([C@H](C)OP(=O)(OCc1ccccc1)OCc1ccccc1)n1ncn(-c2ccc(N3CCN(c4ccc(-c5ccc(C(F)(F)C(O)(Cn6cnnn6)c6ccc(F)cc6F)nc5)cc4)CC3)cc2)c1=O. The van der Waals surface area contributed by atoms with Crippen molar-refractivity contribution in [2.24, 2.45) is 0 Å². The first-order chi connectivity index (χ1) is 35.2. The molecule has 5 aromatic carbocycles. The molecule has 1 fully saturated rings. The van der Waals surface area contributed by atoms with Crippen LogP contribution in [0.1, 0.15) is 48.7 Å². The highest BCUT2D eigenvalue weighted by Crippen LogP contribution is 2.53. The van der Waals surface area contributed by atoms with Crippen molar-refractivity contribution in [3.05, 3.63) is 203 Å². The van der Waals surface area contributed by atoms with E-state index in [2.05, 4.69) is 35.4 Å². The molecule has 21 heteroatoms. The molecule has 3 aromatic heterocycles. The summed E-state index contributed by atoms with van der Waals surface area (Å²) < 4.78 is 96.9. The molecule has 1 N–H and O–H groups in total. The molecule has 1 saturated heterocycles. The zero-order valence-electron chi connectivity index (χ0n) is 39.7. The van der Waals surface area contributed by atoms with Gasteiger partial charge in [-0.1, -0.05) is 85.8 Å². The Balaban J connectivity index is 0.814. The molecule has 8 aromatic rings. The Labute approximate surface area is 417 Å². The van der Waals surface area contributed by atoms with Crippen LogP contribution in [0.15, 0.2) is 163 Å². The zero-order chi connectivity index (χ0) is 51.2. The summed E-state index contributed by atoms with van der Waals surface area (Å²) in [7, 11) is -4.14. The van der Waals surface area contributed by atoms with E-state index in [0.29, 0.717) is 55.5 Å². The van der Waals surface area contributed by atoms with E-state index in [1.54, 1.807) is 6.92 Å². The second-order valence-corrected chi connectivity index (χ2v) is 19.1. The number of halogens is 4. The third-order valence-electron chi connectivity index (χ3n) is 12.8. The lowest BCUT2D eigenvalue weighted by molar-refractivity contribution is -0.207. The van der Waals surface area contributed by atoms with Crippen LogP contribution in [0, 0.1) is 11.6 Å². The fourth-order valence-corrected chi connectivity index (χ4v) is 10.2. The highest BCUT2D eigenvalue weighted by Gasteiger charge is 2.58. The predicted molar refractivity (Wildman–Crippen MR) is 264 cm³/mol. The van der Waals surface area contributed by atoms with Crippen LogP contribution in [0.3, 0.4) is 0 Å². The van der Waals surface area contributed by atoms with E-state index in [1.165, 1.54) is 27.8 Å². The van der Waals surface area contributed by atoms with Crippen molar-refractivity contribution in [3.63, 3.8) is 0 Å². The van der Waals surface area contributed by atoms with Crippen molar-refractivity contribution in [1.29, 1.82) is 0 Å². The number of hydrogen-bond donors (Lipinski definition) is 1. The summed E-state index contributed by atoms with van der Waals surface area (Å²) in [6.07, 6.45) is 3.34. The van der Waals surface area contributed by atoms with E-state index in [9.17, 15) is 23.2 Å². The number of rotatable bonds is 20. The average Bonchev–Trinajstić information content (AvgIpc) is 4.07. The molecule has 1 aliphatic heterocycles. The quantitative estimate of drug-likeness (QED) is 0.0567. The molecule has 3 atom stereocenters. The first-order valence-electron chi connectivity index (χ1n) is 23.5. The Morgan fingerprint density at radius 3 is 1.85 bits per heavy atom. The highest BCUT2D eigenvalue weighted by molar-refractivity contribution is 7.48. The maximum Gasteiger partial charge on any atom is 0.475 e. The van der Waals surface area contributed by atoms with Gasteiger partial charge in [-0.2, -0.15) is 13.9 Å². The number of benzene rings is 5.